The van der Waals surface area contributed by atoms with Crippen LogP contribution < -0.4 is 5.73 Å². The molecule has 0 amide bonds. The summed E-state index contributed by atoms with van der Waals surface area (Å²) in [4.78, 5) is 0.229. The Balaban J connectivity index is 2.25. The normalized spacial score (nSPS) is 16.2. The van der Waals surface area contributed by atoms with Gasteiger partial charge in [0.05, 0.1) is 4.90 Å². The Bertz CT molecular complexity index is 541. The first-order valence-electron chi connectivity index (χ1n) is 5.90. The van der Waals surface area contributed by atoms with Crippen LogP contribution in [0.25, 0.3) is 0 Å². The van der Waals surface area contributed by atoms with Crippen LogP contribution in [0.5, 0.6) is 0 Å². The lowest BCUT2D eigenvalue weighted by atomic mass is 10.2. The zero-order valence-corrected chi connectivity index (χ0v) is 11.8. The number of nitrogens with two attached hydrogens (primary N) is 1. The first-order chi connectivity index (χ1) is 8.45. The van der Waals surface area contributed by atoms with Gasteiger partial charge in [-0.1, -0.05) is 17.7 Å². The standard InChI is InChI=1S/C12H17ClN2O2S/c1-15(8-9-2-3-9)18(16,17)11-5-4-10(7-14)12(13)6-11/h4-6,9H,2-3,7-8,14H2,1H3. The molecule has 0 saturated heterocycles. The van der Waals surface area contributed by atoms with Crippen LogP contribution in [0.4, 0.5) is 0 Å². The maximum absolute atomic E-state index is 12.3. The molecule has 2 rings (SSSR count). The minimum absolute atomic E-state index is 0.229. The van der Waals surface area contributed by atoms with E-state index in [9.17, 15) is 8.42 Å². The Hall–Kier alpha value is -0.620. The summed E-state index contributed by atoms with van der Waals surface area (Å²) in [5.41, 5.74) is 6.25. The number of nitrogens with zero attached hydrogens (tertiary/aromatic N) is 1. The zero-order chi connectivity index (χ0) is 13.3. The lowest BCUT2D eigenvalue weighted by Crippen LogP contribution is -2.29. The fraction of sp³-hybridized carbons (Fsp3) is 0.500. The topological polar surface area (TPSA) is 63.4 Å². The van der Waals surface area contributed by atoms with Gasteiger partial charge >= 0.3 is 0 Å². The quantitative estimate of drug-likeness (QED) is 0.899. The van der Waals surface area contributed by atoms with Crippen molar-refractivity contribution in [1.29, 1.82) is 0 Å². The van der Waals surface area contributed by atoms with Gasteiger partial charge in [0.25, 0.3) is 0 Å². The molecule has 2 N–H and O–H groups in total. The predicted molar refractivity (Wildman–Crippen MR) is 71.9 cm³/mol. The highest BCUT2D eigenvalue weighted by molar-refractivity contribution is 7.89. The van der Waals surface area contributed by atoms with Gasteiger partial charge in [-0.05, 0) is 36.5 Å². The summed E-state index contributed by atoms with van der Waals surface area (Å²) in [5, 5.41) is 0.401. The first kappa shape index (κ1) is 13.8. The number of sulfonamides is 1. The van der Waals surface area contributed by atoms with Crippen LogP contribution in [0.15, 0.2) is 23.1 Å². The van der Waals surface area contributed by atoms with E-state index in [0.29, 0.717) is 24.0 Å². The van der Waals surface area contributed by atoms with E-state index >= 15 is 0 Å². The number of benzene rings is 1. The Labute approximate surface area is 113 Å². The molecule has 1 fully saturated rings. The van der Waals surface area contributed by atoms with Crippen LogP contribution in [0.1, 0.15) is 18.4 Å². The molecule has 0 aromatic heterocycles. The molecule has 1 aromatic rings. The fourth-order valence-corrected chi connectivity index (χ4v) is 3.39. The van der Waals surface area contributed by atoms with Gasteiger partial charge in [0.15, 0.2) is 0 Å². The summed E-state index contributed by atoms with van der Waals surface area (Å²) >= 11 is 6.00. The minimum Gasteiger partial charge on any atom is -0.326 e. The molecule has 1 saturated carbocycles. The highest BCUT2D eigenvalue weighted by Gasteiger charge is 2.29. The van der Waals surface area contributed by atoms with E-state index in [-0.39, 0.29) is 4.90 Å². The van der Waals surface area contributed by atoms with Crippen LogP contribution in [0.2, 0.25) is 5.02 Å². The number of hydrogen-bond donors (Lipinski definition) is 1. The molecule has 6 heteroatoms. The molecule has 0 radical (unpaired) electrons. The first-order valence-corrected chi connectivity index (χ1v) is 7.72. The smallest absolute Gasteiger partial charge is 0.242 e. The summed E-state index contributed by atoms with van der Waals surface area (Å²) in [6.45, 7) is 0.885. The second-order valence-electron chi connectivity index (χ2n) is 4.69. The SMILES string of the molecule is CN(CC1CC1)S(=O)(=O)c1ccc(CN)c(Cl)c1. The summed E-state index contributed by atoms with van der Waals surface area (Å²) in [5.74, 6) is 0.517. The molecule has 0 spiro atoms. The highest BCUT2D eigenvalue weighted by Crippen LogP contribution is 2.31. The number of hydrogen-bond acceptors (Lipinski definition) is 3. The third-order valence-electron chi connectivity index (χ3n) is 3.16. The molecule has 1 aliphatic carbocycles. The van der Waals surface area contributed by atoms with Crippen molar-refractivity contribution in [1.82, 2.24) is 4.31 Å². The molecular weight excluding hydrogens is 272 g/mol. The van der Waals surface area contributed by atoms with Crippen molar-refractivity contribution in [3.8, 4) is 0 Å². The second-order valence-corrected chi connectivity index (χ2v) is 7.14. The summed E-state index contributed by atoms with van der Waals surface area (Å²) < 4.78 is 26.0. The van der Waals surface area contributed by atoms with Gasteiger partial charge in [-0.25, -0.2) is 12.7 Å². The summed E-state index contributed by atoms with van der Waals surface area (Å²) in [6, 6.07) is 4.70. The van der Waals surface area contributed by atoms with Crippen LogP contribution in [-0.4, -0.2) is 26.3 Å². The van der Waals surface area contributed by atoms with Crippen molar-refractivity contribution in [2.75, 3.05) is 13.6 Å². The average molecular weight is 289 g/mol. The van der Waals surface area contributed by atoms with E-state index in [4.69, 9.17) is 17.3 Å². The highest BCUT2D eigenvalue weighted by atomic mass is 35.5. The maximum Gasteiger partial charge on any atom is 0.242 e. The second kappa shape index (κ2) is 5.17. The molecule has 0 unspecified atom stereocenters. The Morgan fingerprint density at radius 1 is 1.44 bits per heavy atom. The zero-order valence-electron chi connectivity index (χ0n) is 10.3. The number of rotatable bonds is 5. The van der Waals surface area contributed by atoms with Crippen molar-refractivity contribution in [3.63, 3.8) is 0 Å². The van der Waals surface area contributed by atoms with Crippen LogP contribution in [-0.2, 0) is 16.6 Å². The molecule has 0 aliphatic heterocycles. The number of halogens is 1. The third-order valence-corrected chi connectivity index (χ3v) is 5.34. The maximum atomic E-state index is 12.3. The van der Waals surface area contributed by atoms with Gasteiger partial charge in [-0.15, -0.1) is 0 Å². The van der Waals surface area contributed by atoms with Gasteiger partial charge in [0, 0.05) is 25.2 Å². The molecule has 0 atom stereocenters. The van der Waals surface area contributed by atoms with Gasteiger partial charge < -0.3 is 5.73 Å². The van der Waals surface area contributed by atoms with E-state index in [1.54, 1.807) is 19.2 Å². The van der Waals surface area contributed by atoms with Gasteiger partial charge in [0.1, 0.15) is 0 Å². The average Bonchev–Trinajstić information content (AvgIpc) is 3.12. The van der Waals surface area contributed by atoms with E-state index in [0.717, 1.165) is 18.4 Å². The van der Waals surface area contributed by atoms with Gasteiger partial charge in [0.2, 0.25) is 10.0 Å². The minimum atomic E-state index is -3.43. The molecule has 100 valence electrons. The molecule has 0 bridgehead atoms. The van der Waals surface area contributed by atoms with E-state index in [2.05, 4.69) is 0 Å². The monoisotopic (exact) mass is 288 g/mol. The van der Waals surface area contributed by atoms with Crippen molar-refractivity contribution in [3.05, 3.63) is 28.8 Å². The van der Waals surface area contributed by atoms with E-state index in [1.807, 2.05) is 0 Å². The van der Waals surface area contributed by atoms with Crippen LogP contribution in [0, 0.1) is 5.92 Å². The third kappa shape index (κ3) is 2.85. The molecule has 0 heterocycles. The molecular formula is C12H17ClN2O2S. The van der Waals surface area contributed by atoms with Gasteiger partial charge in [-0.2, -0.15) is 0 Å². The van der Waals surface area contributed by atoms with Crippen molar-refractivity contribution in [2.45, 2.75) is 24.3 Å². The molecule has 1 aliphatic rings. The summed E-state index contributed by atoms with van der Waals surface area (Å²) in [6.07, 6.45) is 2.24. The molecule has 1 aromatic carbocycles. The Morgan fingerprint density at radius 2 is 2.11 bits per heavy atom. The lowest BCUT2D eigenvalue weighted by molar-refractivity contribution is 0.453. The van der Waals surface area contributed by atoms with E-state index in [1.165, 1.54) is 10.4 Å². The molecule has 18 heavy (non-hydrogen) atoms. The van der Waals surface area contributed by atoms with Crippen molar-refractivity contribution >= 4 is 21.6 Å². The van der Waals surface area contributed by atoms with Crippen molar-refractivity contribution in [2.24, 2.45) is 11.7 Å². The molecule has 4 nitrogen and oxygen atoms in total. The largest absolute Gasteiger partial charge is 0.326 e. The Morgan fingerprint density at radius 3 is 2.61 bits per heavy atom. The fourth-order valence-electron chi connectivity index (χ4n) is 1.80. The van der Waals surface area contributed by atoms with Crippen molar-refractivity contribution < 1.29 is 8.42 Å². The summed E-state index contributed by atoms with van der Waals surface area (Å²) in [7, 11) is -1.82. The Kier molecular flexibility index (Phi) is 3.96. The lowest BCUT2D eigenvalue weighted by Gasteiger charge is -2.17. The van der Waals surface area contributed by atoms with Crippen LogP contribution >= 0.6 is 11.6 Å². The van der Waals surface area contributed by atoms with E-state index < -0.39 is 10.0 Å². The van der Waals surface area contributed by atoms with Gasteiger partial charge in [-0.3, -0.25) is 0 Å². The van der Waals surface area contributed by atoms with Crippen LogP contribution in [0.3, 0.4) is 0 Å². The predicted octanol–water partition coefficient (Wildman–Crippen LogP) is 1.83.